The Balaban J connectivity index is 2.12. The maximum atomic E-state index is 13.9. The SMILES string of the molecule is Nc1c([N+](=O)[O-])ccc(NCc2ccc(C(F)(F)F)nc2)c1F. The van der Waals surface area contributed by atoms with E-state index in [0.29, 0.717) is 5.56 Å². The van der Waals surface area contributed by atoms with Gasteiger partial charge < -0.3 is 11.1 Å². The van der Waals surface area contributed by atoms with E-state index in [1.807, 2.05) is 0 Å². The van der Waals surface area contributed by atoms with Gasteiger partial charge in [0.2, 0.25) is 0 Å². The first-order valence-corrected chi connectivity index (χ1v) is 6.18. The van der Waals surface area contributed by atoms with E-state index in [1.54, 1.807) is 0 Å². The van der Waals surface area contributed by atoms with Gasteiger partial charge in [-0.05, 0) is 17.7 Å². The van der Waals surface area contributed by atoms with E-state index in [-0.39, 0.29) is 12.2 Å². The van der Waals surface area contributed by atoms with Crippen molar-refractivity contribution in [3.8, 4) is 0 Å². The molecule has 23 heavy (non-hydrogen) atoms. The van der Waals surface area contributed by atoms with Crippen LogP contribution in [0.4, 0.5) is 34.6 Å². The number of nitrogens with two attached hydrogens (primary N) is 1. The predicted molar refractivity (Wildman–Crippen MR) is 74.0 cm³/mol. The van der Waals surface area contributed by atoms with Crippen LogP contribution in [-0.2, 0) is 12.7 Å². The van der Waals surface area contributed by atoms with Crippen molar-refractivity contribution in [3.05, 3.63) is 57.7 Å². The van der Waals surface area contributed by atoms with Gasteiger partial charge in [0.05, 0.1) is 10.6 Å². The summed E-state index contributed by atoms with van der Waals surface area (Å²) >= 11 is 0. The number of nitro benzene ring substituents is 1. The summed E-state index contributed by atoms with van der Waals surface area (Å²) in [4.78, 5) is 13.1. The van der Waals surface area contributed by atoms with Gasteiger partial charge in [0.1, 0.15) is 11.4 Å². The third-order valence-corrected chi connectivity index (χ3v) is 2.95. The van der Waals surface area contributed by atoms with Gasteiger partial charge in [-0.15, -0.1) is 0 Å². The minimum atomic E-state index is -4.54. The van der Waals surface area contributed by atoms with E-state index >= 15 is 0 Å². The van der Waals surface area contributed by atoms with Crippen molar-refractivity contribution in [1.82, 2.24) is 4.98 Å². The molecule has 122 valence electrons. The van der Waals surface area contributed by atoms with Crippen LogP contribution in [0.2, 0.25) is 0 Å². The number of nitrogen functional groups attached to an aromatic ring is 1. The van der Waals surface area contributed by atoms with Crippen molar-refractivity contribution >= 4 is 17.1 Å². The first-order chi connectivity index (χ1) is 10.7. The summed E-state index contributed by atoms with van der Waals surface area (Å²) in [5.74, 6) is -1.00. The lowest BCUT2D eigenvalue weighted by atomic mass is 10.2. The third kappa shape index (κ3) is 3.65. The second-order valence-electron chi connectivity index (χ2n) is 4.52. The first kappa shape index (κ1) is 16.5. The van der Waals surface area contributed by atoms with E-state index in [0.717, 1.165) is 24.4 Å². The Labute approximate surface area is 127 Å². The molecule has 0 aliphatic carbocycles. The van der Waals surface area contributed by atoms with Crippen LogP contribution in [-0.4, -0.2) is 9.91 Å². The number of nitro groups is 1. The molecule has 0 atom stereocenters. The summed E-state index contributed by atoms with van der Waals surface area (Å²) in [5.41, 5.74) is 3.37. The normalized spacial score (nSPS) is 11.3. The maximum Gasteiger partial charge on any atom is 0.433 e. The highest BCUT2D eigenvalue weighted by molar-refractivity contribution is 5.67. The number of hydrogen-bond acceptors (Lipinski definition) is 5. The summed E-state index contributed by atoms with van der Waals surface area (Å²) in [5, 5.41) is 13.2. The molecule has 1 heterocycles. The Hall–Kier alpha value is -2.91. The van der Waals surface area contributed by atoms with Gasteiger partial charge in [-0.2, -0.15) is 13.2 Å². The minimum absolute atomic E-state index is 0.0285. The van der Waals surface area contributed by atoms with Gasteiger partial charge in [0.15, 0.2) is 5.82 Å². The quantitative estimate of drug-likeness (QED) is 0.388. The lowest BCUT2D eigenvalue weighted by molar-refractivity contribution is -0.384. The molecule has 0 spiro atoms. The van der Waals surface area contributed by atoms with E-state index in [4.69, 9.17) is 5.73 Å². The van der Waals surface area contributed by atoms with Crippen LogP contribution >= 0.6 is 0 Å². The lowest BCUT2D eigenvalue weighted by Gasteiger charge is -2.10. The highest BCUT2D eigenvalue weighted by Crippen LogP contribution is 2.30. The monoisotopic (exact) mass is 330 g/mol. The molecule has 10 heteroatoms. The standard InChI is InChI=1S/C13H10F4N4O2/c14-11-8(2-3-9(12(11)18)21(22)23)19-5-7-1-4-10(20-6-7)13(15,16)17/h1-4,6,19H,5,18H2. The zero-order valence-corrected chi connectivity index (χ0v) is 11.4. The van der Waals surface area contributed by atoms with Crippen molar-refractivity contribution < 1.29 is 22.5 Å². The largest absolute Gasteiger partial charge is 0.433 e. The highest BCUT2D eigenvalue weighted by atomic mass is 19.4. The Bertz CT molecular complexity index is 732. The zero-order valence-electron chi connectivity index (χ0n) is 11.4. The van der Waals surface area contributed by atoms with Gasteiger partial charge in [-0.25, -0.2) is 4.39 Å². The van der Waals surface area contributed by atoms with Crippen molar-refractivity contribution in [2.45, 2.75) is 12.7 Å². The number of alkyl halides is 3. The lowest BCUT2D eigenvalue weighted by Crippen LogP contribution is -2.09. The first-order valence-electron chi connectivity index (χ1n) is 6.18. The average Bonchev–Trinajstić information content (AvgIpc) is 2.48. The summed E-state index contributed by atoms with van der Waals surface area (Å²) in [6.45, 7) is -0.0285. The van der Waals surface area contributed by atoms with Gasteiger partial charge in [0.25, 0.3) is 5.69 Å². The van der Waals surface area contributed by atoms with Crippen molar-refractivity contribution in [1.29, 1.82) is 0 Å². The summed E-state index contributed by atoms with van der Waals surface area (Å²) < 4.78 is 51.0. The number of pyridine rings is 1. The summed E-state index contributed by atoms with van der Waals surface area (Å²) in [6.07, 6.45) is -3.53. The maximum absolute atomic E-state index is 13.9. The fourth-order valence-corrected chi connectivity index (χ4v) is 1.77. The molecule has 0 radical (unpaired) electrons. The van der Waals surface area contributed by atoms with Gasteiger partial charge in [-0.3, -0.25) is 15.1 Å². The van der Waals surface area contributed by atoms with Gasteiger partial charge in [-0.1, -0.05) is 6.07 Å². The number of benzene rings is 1. The molecule has 0 aliphatic heterocycles. The van der Waals surface area contributed by atoms with Gasteiger partial charge in [0, 0.05) is 18.8 Å². The number of anilines is 2. The molecule has 0 bridgehead atoms. The summed E-state index contributed by atoms with van der Waals surface area (Å²) in [7, 11) is 0. The van der Waals surface area contributed by atoms with Crippen LogP contribution in [0.1, 0.15) is 11.3 Å². The van der Waals surface area contributed by atoms with Crippen LogP contribution in [0.5, 0.6) is 0 Å². The van der Waals surface area contributed by atoms with E-state index < -0.39 is 34.0 Å². The molecule has 0 unspecified atom stereocenters. The Morgan fingerprint density at radius 1 is 1.26 bits per heavy atom. The Kier molecular flexibility index (Phi) is 4.34. The van der Waals surface area contributed by atoms with Crippen LogP contribution < -0.4 is 11.1 Å². The number of rotatable bonds is 4. The van der Waals surface area contributed by atoms with Gasteiger partial charge >= 0.3 is 6.18 Å². The molecule has 0 aliphatic rings. The number of hydrogen-bond donors (Lipinski definition) is 2. The molecular weight excluding hydrogens is 320 g/mol. The van der Waals surface area contributed by atoms with Crippen LogP contribution in [0.25, 0.3) is 0 Å². The predicted octanol–water partition coefficient (Wildman–Crippen LogP) is 3.34. The molecule has 0 amide bonds. The smallest absolute Gasteiger partial charge is 0.391 e. The number of aromatic nitrogens is 1. The summed E-state index contributed by atoms with van der Waals surface area (Å²) in [6, 6.07) is 4.15. The highest BCUT2D eigenvalue weighted by Gasteiger charge is 2.32. The molecule has 3 N–H and O–H groups in total. The van der Waals surface area contributed by atoms with Crippen molar-refractivity contribution in [2.24, 2.45) is 0 Å². The van der Waals surface area contributed by atoms with Crippen molar-refractivity contribution in [2.75, 3.05) is 11.1 Å². The third-order valence-electron chi connectivity index (χ3n) is 2.95. The molecule has 0 saturated heterocycles. The van der Waals surface area contributed by atoms with Crippen molar-refractivity contribution in [3.63, 3.8) is 0 Å². The second kappa shape index (κ2) is 6.07. The molecule has 6 nitrogen and oxygen atoms in total. The Morgan fingerprint density at radius 2 is 1.96 bits per heavy atom. The van der Waals surface area contributed by atoms with Crippen LogP contribution in [0, 0.1) is 15.9 Å². The zero-order chi connectivity index (χ0) is 17.2. The molecule has 2 rings (SSSR count). The van der Waals surface area contributed by atoms with Crippen LogP contribution in [0.3, 0.4) is 0 Å². The second-order valence-corrected chi connectivity index (χ2v) is 4.52. The van der Waals surface area contributed by atoms with E-state index in [2.05, 4.69) is 10.3 Å². The molecule has 1 aromatic heterocycles. The molecular formula is C13H10F4N4O2. The van der Waals surface area contributed by atoms with E-state index in [1.165, 1.54) is 6.07 Å². The van der Waals surface area contributed by atoms with Crippen LogP contribution in [0.15, 0.2) is 30.5 Å². The molecule has 2 aromatic rings. The number of halogens is 4. The number of nitrogens with one attached hydrogen (secondary N) is 1. The topological polar surface area (TPSA) is 94.1 Å². The number of nitrogens with zero attached hydrogens (tertiary/aromatic N) is 2. The minimum Gasteiger partial charge on any atom is -0.391 e. The van der Waals surface area contributed by atoms with E-state index in [9.17, 15) is 27.7 Å². The molecule has 0 fully saturated rings. The fraction of sp³-hybridized carbons (Fsp3) is 0.154. The Morgan fingerprint density at radius 3 is 2.48 bits per heavy atom. The average molecular weight is 330 g/mol. The molecule has 1 aromatic carbocycles. The fourth-order valence-electron chi connectivity index (χ4n) is 1.77. The molecule has 0 saturated carbocycles.